The third kappa shape index (κ3) is 3.74. The number of nitrogens with one attached hydrogen (secondary N) is 1. The van der Waals surface area contributed by atoms with E-state index in [1.165, 1.54) is 30.5 Å². The second-order valence-corrected chi connectivity index (χ2v) is 5.85. The van der Waals surface area contributed by atoms with Crippen LogP contribution >= 0.6 is 11.6 Å². The lowest BCUT2D eigenvalue weighted by Crippen LogP contribution is -2.15. The average Bonchev–Trinajstić information content (AvgIpc) is 3.27. The van der Waals surface area contributed by atoms with Crippen molar-refractivity contribution in [2.45, 2.75) is 32.4 Å². The smallest absolute Gasteiger partial charge is 0.145 e. The van der Waals surface area contributed by atoms with Crippen LogP contribution in [0.1, 0.15) is 24.0 Å². The first kappa shape index (κ1) is 14.4. The van der Waals surface area contributed by atoms with E-state index in [-0.39, 0.29) is 5.02 Å². The molecule has 1 saturated carbocycles. The maximum atomic E-state index is 13.5. The Morgan fingerprint density at radius 3 is 2.76 bits per heavy atom. The van der Waals surface area contributed by atoms with Gasteiger partial charge in [-0.05, 0) is 38.0 Å². The van der Waals surface area contributed by atoms with Crippen LogP contribution in [-0.2, 0) is 6.54 Å². The fraction of sp³-hybridized carbons (Fsp3) is 0.294. The largest absolute Gasteiger partial charge is 0.457 e. The van der Waals surface area contributed by atoms with Gasteiger partial charge in [-0.3, -0.25) is 0 Å². The maximum absolute atomic E-state index is 13.5. The summed E-state index contributed by atoms with van der Waals surface area (Å²) in [6.45, 7) is 2.81. The first-order valence-corrected chi connectivity index (χ1v) is 7.45. The Labute approximate surface area is 128 Å². The summed E-state index contributed by atoms with van der Waals surface area (Å²) in [5.41, 5.74) is 2.26. The molecule has 3 rings (SSSR count). The van der Waals surface area contributed by atoms with Crippen LogP contribution in [0.25, 0.3) is 0 Å². The molecule has 1 N–H and O–H groups in total. The first-order chi connectivity index (χ1) is 10.1. The summed E-state index contributed by atoms with van der Waals surface area (Å²) < 4.78 is 19.3. The SMILES string of the molecule is Cc1ccc(Oc2ccc(Cl)c(F)c2)c(CNC2CC2)c1. The second-order valence-electron chi connectivity index (χ2n) is 5.44. The number of ether oxygens (including phenoxy) is 1. The summed E-state index contributed by atoms with van der Waals surface area (Å²) in [6.07, 6.45) is 2.48. The summed E-state index contributed by atoms with van der Waals surface area (Å²) >= 11 is 5.69. The number of rotatable bonds is 5. The highest BCUT2D eigenvalue weighted by atomic mass is 35.5. The molecule has 0 unspecified atom stereocenters. The summed E-state index contributed by atoms with van der Waals surface area (Å²) in [7, 11) is 0. The zero-order valence-corrected chi connectivity index (χ0v) is 12.6. The standard InChI is InChI=1S/C17H17ClFNO/c1-11-2-7-17(12(8-11)10-20-13-3-4-13)21-14-5-6-15(18)16(19)9-14/h2,5-9,13,20H,3-4,10H2,1H3. The Morgan fingerprint density at radius 1 is 1.24 bits per heavy atom. The molecule has 0 spiro atoms. The highest BCUT2D eigenvalue weighted by molar-refractivity contribution is 6.30. The Balaban J connectivity index is 1.80. The van der Waals surface area contributed by atoms with Gasteiger partial charge in [0.1, 0.15) is 17.3 Å². The van der Waals surface area contributed by atoms with E-state index in [1.807, 2.05) is 19.1 Å². The second kappa shape index (κ2) is 6.04. The van der Waals surface area contributed by atoms with Crippen LogP contribution in [0.5, 0.6) is 11.5 Å². The van der Waals surface area contributed by atoms with Crippen LogP contribution in [0.15, 0.2) is 36.4 Å². The highest BCUT2D eigenvalue weighted by Gasteiger charge is 2.20. The van der Waals surface area contributed by atoms with Crippen molar-refractivity contribution in [3.05, 3.63) is 58.4 Å². The predicted octanol–water partition coefficient (Wildman–Crippen LogP) is 4.83. The molecule has 0 radical (unpaired) electrons. The van der Waals surface area contributed by atoms with Gasteiger partial charge in [-0.15, -0.1) is 0 Å². The minimum Gasteiger partial charge on any atom is -0.457 e. The molecule has 4 heteroatoms. The van der Waals surface area contributed by atoms with E-state index in [2.05, 4.69) is 11.4 Å². The van der Waals surface area contributed by atoms with Gasteiger partial charge in [0.2, 0.25) is 0 Å². The van der Waals surface area contributed by atoms with Gasteiger partial charge in [-0.1, -0.05) is 29.3 Å². The molecular weight excluding hydrogens is 289 g/mol. The molecule has 0 aliphatic heterocycles. The normalized spacial score (nSPS) is 14.2. The Morgan fingerprint density at radius 2 is 2.05 bits per heavy atom. The molecule has 1 fully saturated rings. The molecule has 2 aromatic rings. The fourth-order valence-corrected chi connectivity index (χ4v) is 2.27. The minimum absolute atomic E-state index is 0.0990. The van der Waals surface area contributed by atoms with Crippen molar-refractivity contribution in [1.82, 2.24) is 5.32 Å². The minimum atomic E-state index is -0.473. The maximum Gasteiger partial charge on any atom is 0.145 e. The molecule has 1 aliphatic carbocycles. The van der Waals surface area contributed by atoms with Gasteiger partial charge in [-0.2, -0.15) is 0 Å². The first-order valence-electron chi connectivity index (χ1n) is 7.07. The van der Waals surface area contributed by atoms with E-state index in [4.69, 9.17) is 16.3 Å². The third-order valence-corrected chi connectivity index (χ3v) is 3.80. The fourth-order valence-electron chi connectivity index (χ4n) is 2.16. The molecule has 2 aromatic carbocycles. The Bertz CT molecular complexity index is 655. The molecule has 21 heavy (non-hydrogen) atoms. The van der Waals surface area contributed by atoms with Gasteiger partial charge >= 0.3 is 0 Å². The van der Waals surface area contributed by atoms with Gasteiger partial charge in [0.15, 0.2) is 0 Å². The van der Waals surface area contributed by atoms with Crippen LogP contribution < -0.4 is 10.1 Å². The Kier molecular flexibility index (Phi) is 4.13. The zero-order chi connectivity index (χ0) is 14.8. The molecule has 2 nitrogen and oxygen atoms in total. The van der Waals surface area contributed by atoms with E-state index in [0.717, 1.165) is 17.9 Å². The van der Waals surface area contributed by atoms with Crippen LogP contribution in [-0.4, -0.2) is 6.04 Å². The van der Waals surface area contributed by atoms with Crippen LogP contribution in [0, 0.1) is 12.7 Å². The van der Waals surface area contributed by atoms with Gasteiger partial charge in [-0.25, -0.2) is 4.39 Å². The molecule has 0 aromatic heterocycles. The van der Waals surface area contributed by atoms with Crippen LogP contribution in [0.2, 0.25) is 5.02 Å². The van der Waals surface area contributed by atoms with Crippen molar-refractivity contribution < 1.29 is 9.13 Å². The monoisotopic (exact) mass is 305 g/mol. The molecule has 0 atom stereocenters. The number of aryl methyl sites for hydroxylation is 1. The third-order valence-electron chi connectivity index (χ3n) is 3.49. The van der Waals surface area contributed by atoms with E-state index in [1.54, 1.807) is 6.07 Å². The Hall–Kier alpha value is -1.58. The molecule has 0 heterocycles. The van der Waals surface area contributed by atoms with Gasteiger partial charge < -0.3 is 10.1 Å². The van der Waals surface area contributed by atoms with Crippen molar-refractivity contribution in [3.63, 3.8) is 0 Å². The van der Waals surface area contributed by atoms with E-state index >= 15 is 0 Å². The summed E-state index contributed by atoms with van der Waals surface area (Å²) in [6, 6.07) is 11.1. The van der Waals surface area contributed by atoms with Crippen molar-refractivity contribution in [2.24, 2.45) is 0 Å². The van der Waals surface area contributed by atoms with E-state index < -0.39 is 5.82 Å². The summed E-state index contributed by atoms with van der Waals surface area (Å²) in [5.74, 6) is 0.725. The van der Waals surface area contributed by atoms with E-state index in [9.17, 15) is 4.39 Å². The van der Waals surface area contributed by atoms with Crippen molar-refractivity contribution >= 4 is 11.6 Å². The zero-order valence-electron chi connectivity index (χ0n) is 11.8. The van der Waals surface area contributed by atoms with Crippen molar-refractivity contribution in [1.29, 1.82) is 0 Å². The topological polar surface area (TPSA) is 21.3 Å². The van der Waals surface area contributed by atoms with Crippen molar-refractivity contribution in [3.8, 4) is 11.5 Å². The number of halogens is 2. The van der Waals surface area contributed by atoms with Crippen molar-refractivity contribution in [2.75, 3.05) is 0 Å². The number of benzene rings is 2. The molecular formula is C17H17ClFNO. The lowest BCUT2D eigenvalue weighted by Gasteiger charge is -2.13. The number of hydrogen-bond donors (Lipinski definition) is 1. The highest BCUT2D eigenvalue weighted by Crippen LogP contribution is 2.29. The quantitative estimate of drug-likeness (QED) is 0.854. The van der Waals surface area contributed by atoms with Crippen LogP contribution in [0.4, 0.5) is 4.39 Å². The predicted molar refractivity (Wildman–Crippen MR) is 82.5 cm³/mol. The summed E-state index contributed by atoms with van der Waals surface area (Å²) in [4.78, 5) is 0. The molecule has 110 valence electrons. The van der Waals surface area contributed by atoms with Gasteiger partial charge in [0, 0.05) is 24.2 Å². The molecule has 1 aliphatic rings. The van der Waals surface area contributed by atoms with Gasteiger partial charge in [0.25, 0.3) is 0 Å². The summed E-state index contributed by atoms with van der Waals surface area (Å²) in [5, 5.41) is 3.57. The molecule has 0 amide bonds. The average molecular weight is 306 g/mol. The molecule has 0 saturated heterocycles. The lowest BCUT2D eigenvalue weighted by atomic mass is 10.1. The van der Waals surface area contributed by atoms with Crippen LogP contribution in [0.3, 0.4) is 0 Å². The lowest BCUT2D eigenvalue weighted by molar-refractivity contribution is 0.467. The number of hydrogen-bond acceptors (Lipinski definition) is 2. The molecule has 0 bridgehead atoms. The van der Waals surface area contributed by atoms with Gasteiger partial charge in [0.05, 0.1) is 5.02 Å². The van der Waals surface area contributed by atoms with E-state index in [0.29, 0.717) is 11.8 Å².